The van der Waals surface area contributed by atoms with E-state index in [1.54, 1.807) is 14.2 Å². The van der Waals surface area contributed by atoms with Crippen LogP contribution in [0.25, 0.3) is 10.9 Å². The highest BCUT2D eigenvalue weighted by molar-refractivity contribution is 6.07. The lowest BCUT2D eigenvalue weighted by Gasteiger charge is -2.10. The Kier molecular flexibility index (Phi) is 5.69. The largest absolute Gasteiger partial charge is 0.493 e. The molecule has 142 valence electrons. The van der Waals surface area contributed by atoms with E-state index >= 15 is 0 Å². The number of nitrogens with one attached hydrogen (secondary N) is 1. The SMILES string of the molecule is COc1ccc(CCNC(=O)c2cn(C(C)C)c3ccccc23)cc1OC. The monoisotopic (exact) mass is 366 g/mol. The molecule has 2 aromatic carbocycles. The maximum atomic E-state index is 12.7. The molecule has 1 aromatic heterocycles. The van der Waals surface area contributed by atoms with Crippen LogP contribution in [-0.4, -0.2) is 31.2 Å². The maximum Gasteiger partial charge on any atom is 0.253 e. The van der Waals surface area contributed by atoms with Gasteiger partial charge in [-0.05, 0) is 44.0 Å². The summed E-state index contributed by atoms with van der Waals surface area (Å²) in [5.41, 5.74) is 2.88. The zero-order valence-electron chi connectivity index (χ0n) is 16.3. The Morgan fingerprint density at radius 3 is 2.52 bits per heavy atom. The molecule has 0 atom stereocenters. The van der Waals surface area contributed by atoms with Crippen molar-refractivity contribution in [2.45, 2.75) is 26.3 Å². The summed E-state index contributed by atoms with van der Waals surface area (Å²) in [6.07, 6.45) is 2.66. The highest BCUT2D eigenvalue weighted by atomic mass is 16.5. The molecule has 3 rings (SSSR count). The lowest BCUT2D eigenvalue weighted by molar-refractivity contribution is 0.0955. The van der Waals surface area contributed by atoms with E-state index in [9.17, 15) is 4.79 Å². The van der Waals surface area contributed by atoms with Crippen molar-refractivity contribution >= 4 is 16.8 Å². The Balaban J connectivity index is 1.71. The van der Waals surface area contributed by atoms with Crippen LogP contribution >= 0.6 is 0 Å². The number of methoxy groups -OCH3 is 2. The van der Waals surface area contributed by atoms with Crippen LogP contribution in [0.15, 0.2) is 48.7 Å². The van der Waals surface area contributed by atoms with Crippen LogP contribution in [0.5, 0.6) is 11.5 Å². The van der Waals surface area contributed by atoms with E-state index in [0.717, 1.165) is 22.9 Å². The lowest BCUT2D eigenvalue weighted by atomic mass is 10.1. The van der Waals surface area contributed by atoms with Crippen molar-refractivity contribution in [3.8, 4) is 11.5 Å². The summed E-state index contributed by atoms with van der Waals surface area (Å²) in [6, 6.07) is 14.1. The zero-order chi connectivity index (χ0) is 19.4. The number of aromatic nitrogens is 1. The molecule has 0 fully saturated rings. The quantitative estimate of drug-likeness (QED) is 0.681. The van der Waals surface area contributed by atoms with Crippen molar-refractivity contribution in [1.29, 1.82) is 0 Å². The first-order chi connectivity index (χ1) is 13.0. The van der Waals surface area contributed by atoms with Crippen LogP contribution in [0, 0.1) is 0 Å². The van der Waals surface area contributed by atoms with Crippen molar-refractivity contribution in [3.63, 3.8) is 0 Å². The number of nitrogens with zero attached hydrogens (tertiary/aromatic N) is 1. The number of amides is 1. The first kappa shape index (κ1) is 18.8. The van der Waals surface area contributed by atoms with Crippen molar-refractivity contribution in [3.05, 3.63) is 59.8 Å². The van der Waals surface area contributed by atoms with Crippen LogP contribution in [0.3, 0.4) is 0 Å². The summed E-state index contributed by atoms with van der Waals surface area (Å²) in [5.74, 6) is 1.35. The fourth-order valence-electron chi connectivity index (χ4n) is 3.26. The predicted molar refractivity (Wildman–Crippen MR) is 108 cm³/mol. The molecule has 1 N–H and O–H groups in total. The van der Waals surface area contributed by atoms with Crippen molar-refractivity contribution < 1.29 is 14.3 Å². The molecular weight excluding hydrogens is 340 g/mol. The topological polar surface area (TPSA) is 52.5 Å². The molecule has 1 amide bonds. The number of para-hydroxylation sites is 1. The number of ether oxygens (including phenoxy) is 2. The van der Waals surface area contributed by atoms with Crippen LogP contribution in [0.1, 0.15) is 35.8 Å². The highest BCUT2D eigenvalue weighted by Gasteiger charge is 2.15. The minimum absolute atomic E-state index is 0.0499. The van der Waals surface area contributed by atoms with Gasteiger partial charge in [0.25, 0.3) is 5.91 Å². The second-order valence-corrected chi connectivity index (χ2v) is 6.76. The van der Waals surface area contributed by atoms with Gasteiger partial charge in [-0.2, -0.15) is 0 Å². The Morgan fingerprint density at radius 2 is 1.81 bits per heavy atom. The molecule has 0 spiro atoms. The van der Waals surface area contributed by atoms with E-state index in [2.05, 4.69) is 29.8 Å². The van der Waals surface area contributed by atoms with Crippen LogP contribution < -0.4 is 14.8 Å². The molecule has 5 nitrogen and oxygen atoms in total. The molecule has 3 aromatic rings. The summed E-state index contributed by atoms with van der Waals surface area (Å²) < 4.78 is 12.7. The number of fused-ring (bicyclic) bond motifs is 1. The summed E-state index contributed by atoms with van der Waals surface area (Å²) in [5, 5.41) is 4.01. The highest BCUT2D eigenvalue weighted by Crippen LogP contribution is 2.28. The van der Waals surface area contributed by atoms with E-state index in [1.165, 1.54) is 0 Å². The molecule has 1 heterocycles. The third kappa shape index (κ3) is 3.92. The van der Waals surface area contributed by atoms with Gasteiger partial charge in [0.2, 0.25) is 0 Å². The van der Waals surface area contributed by atoms with Crippen LogP contribution in [-0.2, 0) is 6.42 Å². The van der Waals surface area contributed by atoms with Gasteiger partial charge in [0.15, 0.2) is 11.5 Å². The van der Waals surface area contributed by atoms with Gasteiger partial charge < -0.3 is 19.4 Å². The first-order valence-corrected chi connectivity index (χ1v) is 9.13. The van der Waals surface area contributed by atoms with Gasteiger partial charge >= 0.3 is 0 Å². The molecule has 0 aliphatic carbocycles. The second kappa shape index (κ2) is 8.16. The third-order valence-corrected chi connectivity index (χ3v) is 4.69. The van der Waals surface area contributed by atoms with Gasteiger partial charge in [0.1, 0.15) is 0 Å². The van der Waals surface area contributed by atoms with E-state index in [1.807, 2.05) is 42.6 Å². The second-order valence-electron chi connectivity index (χ2n) is 6.76. The minimum Gasteiger partial charge on any atom is -0.493 e. The molecule has 0 unspecified atom stereocenters. The van der Waals surface area contributed by atoms with Crippen molar-refractivity contribution in [2.24, 2.45) is 0 Å². The normalized spacial score (nSPS) is 11.0. The maximum absolute atomic E-state index is 12.7. The first-order valence-electron chi connectivity index (χ1n) is 9.13. The Labute approximate surface area is 159 Å². The molecule has 5 heteroatoms. The van der Waals surface area contributed by atoms with Crippen LogP contribution in [0.4, 0.5) is 0 Å². The van der Waals surface area contributed by atoms with Crippen molar-refractivity contribution in [1.82, 2.24) is 9.88 Å². The fraction of sp³-hybridized carbons (Fsp3) is 0.318. The molecule has 27 heavy (non-hydrogen) atoms. The molecule has 0 radical (unpaired) electrons. The summed E-state index contributed by atoms with van der Waals surface area (Å²) >= 11 is 0. The number of carbonyl (C=O) groups excluding carboxylic acids is 1. The average molecular weight is 366 g/mol. The predicted octanol–water partition coefficient (Wildman–Crippen LogP) is 4.21. The van der Waals surface area contributed by atoms with Gasteiger partial charge in [-0.3, -0.25) is 4.79 Å². The standard InChI is InChI=1S/C22H26N2O3/c1-15(2)24-14-18(17-7-5-6-8-19(17)24)22(25)23-12-11-16-9-10-20(26-3)21(13-16)27-4/h5-10,13-15H,11-12H2,1-4H3,(H,23,25). The summed E-state index contributed by atoms with van der Waals surface area (Å²) in [7, 11) is 3.24. The third-order valence-electron chi connectivity index (χ3n) is 4.69. The number of rotatable bonds is 7. The smallest absolute Gasteiger partial charge is 0.253 e. The van der Waals surface area contributed by atoms with Gasteiger partial charge in [-0.25, -0.2) is 0 Å². The number of hydrogen-bond donors (Lipinski definition) is 1. The molecule has 0 saturated carbocycles. The summed E-state index contributed by atoms with van der Waals surface area (Å²) in [6.45, 7) is 4.78. The number of carbonyl (C=O) groups is 1. The van der Waals surface area contributed by atoms with Gasteiger partial charge in [0.05, 0.1) is 19.8 Å². The van der Waals surface area contributed by atoms with E-state index in [4.69, 9.17) is 9.47 Å². The Hall–Kier alpha value is -2.95. The molecule has 0 aliphatic rings. The molecule has 0 bridgehead atoms. The lowest BCUT2D eigenvalue weighted by Crippen LogP contribution is -2.25. The fourth-order valence-corrected chi connectivity index (χ4v) is 3.26. The molecular formula is C22H26N2O3. The Bertz CT molecular complexity index is 944. The van der Waals surface area contributed by atoms with Gasteiger partial charge in [0, 0.05) is 29.7 Å². The number of hydrogen-bond acceptors (Lipinski definition) is 3. The molecule has 0 aliphatic heterocycles. The molecule has 0 saturated heterocycles. The zero-order valence-corrected chi connectivity index (χ0v) is 16.3. The van der Waals surface area contributed by atoms with Crippen LogP contribution in [0.2, 0.25) is 0 Å². The summed E-state index contributed by atoms with van der Waals surface area (Å²) in [4.78, 5) is 12.7. The number of benzene rings is 2. The van der Waals surface area contributed by atoms with Gasteiger partial charge in [-0.1, -0.05) is 24.3 Å². The Morgan fingerprint density at radius 1 is 1.07 bits per heavy atom. The average Bonchev–Trinajstić information content (AvgIpc) is 3.08. The van der Waals surface area contributed by atoms with Gasteiger partial charge in [-0.15, -0.1) is 0 Å². The van der Waals surface area contributed by atoms with E-state index < -0.39 is 0 Å². The van der Waals surface area contributed by atoms with E-state index in [0.29, 0.717) is 29.6 Å². The minimum atomic E-state index is -0.0499. The van der Waals surface area contributed by atoms with Crippen molar-refractivity contribution in [2.75, 3.05) is 20.8 Å². The van der Waals surface area contributed by atoms with E-state index in [-0.39, 0.29) is 5.91 Å².